The number of aliphatic hydroxyl groups is 1. The zero-order valence-corrected chi connectivity index (χ0v) is 12.9. The molecule has 0 saturated carbocycles. The number of amides is 1. The highest BCUT2D eigenvalue weighted by molar-refractivity contribution is 7.89. The zero-order valence-electron chi connectivity index (χ0n) is 12.1. The number of carbonyl (C=O) groups is 1. The molecule has 2 aliphatic rings. The van der Waals surface area contributed by atoms with Crippen LogP contribution in [0.1, 0.15) is 12.8 Å². The van der Waals surface area contributed by atoms with Crippen molar-refractivity contribution in [2.24, 2.45) is 0 Å². The minimum atomic E-state index is -3.68. The van der Waals surface area contributed by atoms with Crippen molar-refractivity contribution in [1.29, 1.82) is 0 Å². The third-order valence-corrected chi connectivity index (χ3v) is 6.09. The molecular weight excluding hydrogens is 306 g/mol. The average Bonchev–Trinajstić information content (AvgIpc) is 2.97. The fraction of sp³-hybridized carbons (Fsp3) is 0.357. The Morgan fingerprint density at radius 3 is 2.68 bits per heavy atom. The molecule has 22 heavy (non-hydrogen) atoms. The minimum Gasteiger partial charge on any atom is -0.493 e. The Labute approximate surface area is 128 Å². The quantitative estimate of drug-likeness (QED) is 0.849. The van der Waals surface area contributed by atoms with Crippen LogP contribution in [0.4, 0.5) is 5.69 Å². The third-order valence-electron chi connectivity index (χ3n) is 3.97. The van der Waals surface area contributed by atoms with Crippen LogP contribution in [0.5, 0.6) is 0 Å². The highest BCUT2D eigenvalue weighted by Gasteiger charge is 2.47. The number of sulfonamides is 1. The van der Waals surface area contributed by atoms with E-state index in [1.165, 1.54) is 11.9 Å². The molecule has 2 heterocycles. The van der Waals surface area contributed by atoms with E-state index in [1.54, 1.807) is 30.3 Å². The molecule has 118 valence electrons. The number of carbonyl (C=O) groups excluding carboxylic acids is 1. The van der Waals surface area contributed by atoms with Gasteiger partial charge in [0.15, 0.2) is 11.1 Å². The Morgan fingerprint density at radius 1 is 1.32 bits per heavy atom. The first-order valence-electron chi connectivity index (χ1n) is 6.97. The first-order valence-corrected chi connectivity index (χ1v) is 8.47. The van der Waals surface area contributed by atoms with Crippen LogP contribution in [0.2, 0.25) is 0 Å². The van der Waals surface area contributed by atoms with E-state index < -0.39 is 21.3 Å². The number of hydrogen-bond donors (Lipinski definition) is 2. The molecule has 8 heteroatoms. The number of nitrogens with zero attached hydrogens (tertiary/aromatic N) is 2. The first kappa shape index (κ1) is 14.7. The summed E-state index contributed by atoms with van der Waals surface area (Å²) in [6.45, 7) is 0.422. The monoisotopic (exact) mass is 323 g/mol. The van der Waals surface area contributed by atoms with E-state index in [0.29, 0.717) is 25.1 Å². The molecule has 3 rings (SSSR count). The molecule has 2 N–H and O–H groups in total. The SMILES string of the molecule is CN1C(C(=O)Nc2ccccc2)=C(O)N2CCCC2S1(=O)=O. The van der Waals surface area contributed by atoms with Crippen molar-refractivity contribution in [3.8, 4) is 0 Å². The lowest BCUT2D eigenvalue weighted by Gasteiger charge is -2.37. The summed E-state index contributed by atoms with van der Waals surface area (Å²) in [5.41, 5.74) is 0.282. The van der Waals surface area contributed by atoms with Gasteiger partial charge >= 0.3 is 0 Å². The topological polar surface area (TPSA) is 90.0 Å². The lowest BCUT2D eigenvalue weighted by molar-refractivity contribution is -0.114. The van der Waals surface area contributed by atoms with Crippen molar-refractivity contribution in [2.45, 2.75) is 18.2 Å². The summed E-state index contributed by atoms with van der Waals surface area (Å²) in [6, 6.07) is 8.68. The van der Waals surface area contributed by atoms with Crippen LogP contribution in [-0.2, 0) is 14.8 Å². The summed E-state index contributed by atoms with van der Waals surface area (Å²) in [7, 11) is -2.39. The second kappa shape index (κ2) is 5.20. The van der Waals surface area contributed by atoms with Crippen LogP contribution < -0.4 is 5.32 Å². The standard InChI is InChI=1S/C14H17N3O4S/c1-16-12(13(18)15-10-6-3-2-4-7-10)14(19)17-9-5-8-11(17)22(16,20)21/h2-4,6-7,11,19H,5,8-9H2,1H3,(H,15,18). The van der Waals surface area contributed by atoms with Crippen LogP contribution >= 0.6 is 0 Å². The summed E-state index contributed by atoms with van der Waals surface area (Å²) in [4.78, 5) is 13.8. The molecule has 1 fully saturated rings. The summed E-state index contributed by atoms with van der Waals surface area (Å²) in [5.74, 6) is -0.937. The summed E-state index contributed by atoms with van der Waals surface area (Å²) in [6.07, 6.45) is 1.11. The number of rotatable bonds is 2. The molecule has 2 aliphatic heterocycles. The normalized spacial score (nSPS) is 23.4. The van der Waals surface area contributed by atoms with Gasteiger partial charge in [0.2, 0.25) is 5.88 Å². The summed E-state index contributed by atoms with van der Waals surface area (Å²) in [5, 5.41) is 12.1. The molecule has 0 aromatic heterocycles. The molecule has 0 bridgehead atoms. The van der Waals surface area contributed by atoms with Gasteiger partial charge in [0.1, 0.15) is 0 Å². The van der Waals surface area contributed by atoms with Gasteiger partial charge < -0.3 is 15.3 Å². The van der Waals surface area contributed by atoms with Crippen LogP contribution in [-0.4, -0.2) is 47.6 Å². The van der Waals surface area contributed by atoms with E-state index in [0.717, 1.165) is 4.31 Å². The molecular formula is C14H17N3O4S. The van der Waals surface area contributed by atoms with Gasteiger partial charge in [0.25, 0.3) is 15.9 Å². The van der Waals surface area contributed by atoms with Gasteiger partial charge in [-0.2, -0.15) is 0 Å². The Kier molecular flexibility index (Phi) is 3.48. The largest absolute Gasteiger partial charge is 0.493 e. The number of para-hydroxylation sites is 1. The smallest absolute Gasteiger partial charge is 0.278 e. The number of anilines is 1. The number of benzene rings is 1. The molecule has 1 atom stereocenters. The maximum Gasteiger partial charge on any atom is 0.278 e. The molecule has 1 unspecified atom stereocenters. The Hall–Kier alpha value is -2.22. The fourth-order valence-electron chi connectivity index (χ4n) is 2.83. The van der Waals surface area contributed by atoms with Crippen LogP contribution in [0.15, 0.2) is 41.9 Å². The molecule has 0 aliphatic carbocycles. The lowest BCUT2D eigenvalue weighted by Crippen LogP contribution is -2.51. The average molecular weight is 323 g/mol. The van der Waals surface area contributed by atoms with Crippen molar-refractivity contribution in [3.63, 3.8) is 0 Å². The molecule has 1 amide bonds. The van der Waals surface area contributed by atoms with E-state index in [2.05, 4.69) is 5.32 Å². The Bertz CT molecular complexity index is 730. The van der Waals surface area contributed by atoms with Crippen molar-refractivity contribution in [1.82, 2.24) is 9.21 Å². The highest BCUT2D eigenvalue weighted by atomic mass is 32.2. The van der Waals surface area contributed by atoms with Crippen molar-refractivity contribution in [2.75, 3.05) is 18.9 Å². The number of aliphatic hydroxyl groups excluding tert-OH is 1. The van der Waals surface area contributed by atoms with Gasteiger partial charge in [0, 0.05) is 19.3 Å². The van der Waals surface area contributed by atoms with E-state index in [1.807, 2.05) is 0 Å². The summed E-state index contributed by atoms with van der Waals surface area (Å²) >= 11 is 0. The predicted molar refractivity (Wildman–Crippen MR) is 81.1 cm³/mol. The van der Waals surface area contributed by atoms with E-state index in [4.69, 9.17) is 0 Å². The van der Waals surface area contributed by atoms with Crippen molar-refractivity contribution < 1.29 is 18.3 Å². The van der Waals surface area contributed by atoms with Crippen LogP contribution in [0.3, 0.4) is 0 Å². The second-order valence-corrected chi connectivity index (χ2v) is 7.42. The molecule has 1 saturated heterocycles. The van der Waals surface area contributed by atoms with Gasteiger partial charge in [-0.1, -0.05) is 18.2 Å². The molecule has 7 nitrogen and oxygen atoms in total. The summed E-state index contributed by atoms with van der Waals surface area (Å²) < 4.78 is 25.8. The number of nitrogens with one attached hydrogen (secondary N) is 1. The number of fused-ring (bicyclic) bond motifs is 1. The fourth-order valence-corrected chi connectivity index (χ4v) is 4.61. The molecule has 1 aromatic rings. The van der Waals surface area contributed by atoms with E-state index in [-0.39, 0.29) is 11.6 Å². The maximum atomic E-state index is 12.5. The second-order valence-electron chi connectivity index (χ2n) is 5.30. The van der Waals surface area contributed by atoms with E-state index in [9.17, 15) is 18.3 Å². The lowest BCUT2D eigenvalue weighted by atomic mass is 10.3. The van der Waals surface area contributed by atoms with Gasteiger partial charge in [-0.05, 0) is 25.0 Å². The van der Waals surface area contributed by atoms with Gasteiger partial charge in [-0.3, -0.25) is 9.10 Å². The molecule has 0 radical (unpaired) electrons. The van der Waals surface area contributed by atoms with Gasteiger partial charge in [-0.15, -0.1) is 0 Å². The number of hydrogen-bond acceptors (Lipinski definition) is 5. The maximum absolute atomic E-state index is 12.5. The third kappa shape index (κ3) is 2.19. The molecule has 1 aromatic carbocycles. The molecule has 0 spiro atoms. The Balaban J connectivity index is 1.97. The van der Waals surface area contributed by atoms with E-state index >= 15 is 0 Å². The first-order chi connectivity index (χ1) is 10.4. The van der Waals surface area contributed by atoms with Gasteiger partial charge in [0.05, 0.1) is 0 Å². The van der Waals surface area contributed by atoms with Crippen molar-refractivity contribution in [3.05, 3.63) is 41.9 Å². The van der Waals surface area contributed by atoms with Crippen LogP contribution in [0.25, 0.3) is 0 Å². The zero-order chi connectivity index (χ0) is 15.9. The van der Waals surface area contributed by atoms with Crippen molar-refractivity contribution >= 4 is 21.6 Å². The minimum absolute atomic E-state index is 0.248. The van der Waals surface area contributed by atoms with Crippen LogP contribution in [0, 0.1) is 0 Å². The Morgan fingerprint density at radius 2 is 2.00 bits per heavy atom. The predicted octanol–water partition coefficient (Wildman–Crippen LogP) is 1.05. The number of likely N-dealkylation sites (N-methyl/N-ethyl adjacent to an activating group) is 1. The van der Waals surface area contributed by atoms with Gasteiger partial charge in [-0.25, -0.2) is 8.42 Å². The highest BCUT2D eigenvalue weighted by Crippen LogP contribution is 2.35.